The van der Waals surface area contributed by atoms with E-state index in [4.69, 9.17) is 9.47 Å². The number of methoxy groups -OCH3 is 1. The highest BCUT2D eigenvalue weighted by Crippen LogP contribution is 2.60. The lowest BCUT2D eigenvalue weighted by molar-refractivity contribution is -0.151. The van der Waals surface area contributed by atoms with Crippen molar-refractivity contribution in [2.24, 2.45) is 29.1 Å². The van der Waals surface area contributed by atoms with Crippen LogP contribution in [-0.2, 0) is 9.59 Å². The first kappa shape index (κ1) is 31.8. The average Bonchev–Trinajstić information content (AvgIpc) is 3.55. The Kier molecular flexibility index (Phi) is 9.59. The Labute approximate surface area is 273 Å². The second kappa shape index (κ2) is 13.3. The monoisotopic (exact) mass is 720 g/mol. The normalized spacial score (nSPS) is 32.7. The van der Waals surface area contributed by atoms with Crippen molar-refractivity contribution in [3.05, 3.63) is 32.9 Å². The van der Waals surface area contributed by atoms with Gasteiger partial charge in [0.05, 0.1) is 23.3 Å². The van der Waals surface area contributed by atoms with Gasteiger partial charge < -0.3 is 29.9 Å². The number of nitrogens with one attached hydrogen (secondary N) is 1. The number of rotatable bonds is 11. The summed E-state index contributed by atoms with van der Waals surface area (Å²) in [5, 5.41) is 24.2. The predicted octanol–water partition coefficient (Wildman–Crippen LogP) is 4.26. The average molecular weight is 721 g/mol. The lowest BCUT2D eigenvalue weighted by Crippen LogP contribution is -2.60. The molecule has 0 aromatic heterocycles. The van der Waals surface area contributed by atoms with Gasteiger partial charge in [-0.2, -0.15) is 0 Å². The van der Waals surface area contributed by atoms with Crippen molar-refractivity contribution in [3.8, 4) is 11.5 Å². The van der Waals surface area contributed by atoms with Crippen molar-refractivity contribution in [2.45, 2.75) is 88.9 Å². The number of amides is 2. The smallest absolute Gasteiger partial charge is 0.247 e. The van der Waals surface area contributed by atoms with Crippen molar-refractivity contribution in [1.29, 1.82) is 0 Å². The molecule has 2 amide bonds. The minimum Gasteiger partial charge on any atom is -0.493 e. The number of ether oxygens (including phenoxy) is 2. The van der Waals surface area contributed by atoms with Gasteiger partial charge in [-0.05, 0) is 115 Å². The maximum absolute atomic E-state index is 14.4. The topological polar surface area (TPSA) is 125 Å². The molecule has 3 N–H and O–H groups in total. The maximum atomic E-state index is 14.4. The van der Waals surface area contributed by atoms with Crippen molar-refractivity contribution < 1.29 is 34.1 Å². The quantitative estimate of drug-likeness (QED) is 0.231. The van der Waals surface area contributed by atoms with Crippen LogP contribution in [-0.4, -0.2) is 78.3 Å². The van der Waals surface area contributed by atoms with E-state index in [1.807, 2.05) is 4.90 Å². The van der Waals surface area contributed by atoms with Crippen LogP contribution >= 0.6 is 22.6 Å². The molecule has 7 rings (SSSR count). The van der Waals surface area contributed by atoms with E-state index in [0.717, 1.165) is 69.0 Å². The van der Waals surface area contributed by atoms with E-state index in [0.29, 0.717) is 32.8 Å². The number of aliphatic hydroxyl groups is 2. The summed E-state index contributed by atoms with van der Waals surface area (Å²) in [5.74, 6) is 2.57. The second-order valence-electron chi connectivity index (χ2n) is 14.0. The molecule has 4 bridgehead atoms. The van der Waals surface area contributed by atoms with Crippen molar-refractivity contribution >= 4 is 40.7 Å². The molecule has 0 heterocycles. The van der Waals surface area contributed by atoms with Crippen molar-refractivity contribution in [3.63, 3.8) is 0 Å². The van der Waals surface area contributed by atoms with Crippen molar-refractivity contribution in [1.82, 2.24) is 10.2 Å². The zero-order chi connectivity index (χ0) is 31.0. The molecule has 0 spiro atoms. The number of aliphatic hydroxyl groups excluding tert-OH is 2. The van der Waals surface area contributed by atoms with Crippen LogP contribution < -0.4 is 14.8 Å². The fourth-order valence-electron chi connectivity index (χ4n) is 9.45. The zero-order valence-electron chi connectivity index (χ0n) is 25.5. The summed E-state index contributed by atoms with van der Waals surface area (Å²) >= 11 is 2.07. The van der Waals surface area contributed by atoms with Crippen LogP contribution in [0.2, 0.25) is 0 Å². The van der Waals surface area contributed by atoms with Crippen LogP contribution in [0.1, 0.15) is 81.0 Å². The molecule has 10 heteroatoms. The van der Waals surface area contributed by atoms with E-state index < -0.39 is 18.2 Å². The molecular formula is C34H45IN2O7. The van der Waals surface area contributed by atoms with E-state index in [-0.39, 0.29) is 42.7 Å². The molecule has 6 aliphatic carbocycles. The van der Waals surface area contributed by atoms with Gasteiger partial charge in [-0.3, -0.25) is 14.4 Å². The van der Waals surface area contributed by atoms with Gasteiger partial charge in [-0.25, -0.2) is 0 Å². The number of benzene rings is 1. The van der Waals surface area contributed by atoms with Crippen molar-refractivity contribution in [2.75, 3.05) is 26.8 Å². The molecule has 3 unspecified atom stereocenters. The summed E-state index contributed by atoms with van der Waals surface area (Å²) in [5.41, 5.74) is 0.916. The van der Waals surface area contributed by atoms with Gasteiger partial charge in [-0.15, -0.1) is 0 Å². The molecule has 5 saturated carbocycles. The Balaban J connectivity index is 1.35. The molecular weight excluding hydrogens is 675 g/mol. The molecule has 3 atom stereocenters. The summed E-state index contributed by atoms with van der Waals surface area (Å²) in [6.07, 6.45) is 11.7. The van der Waals surface area contributed by atoms with E-state index in [1.54, 1.807) is 18.2 Å². The number of hydrogen-bond acceptors (Lipinski definition) is 7. The molecule has 240 valence electrons. The SMILES string of the molecule is COc1cc(C=O)cc(I)c1OC1C=C(C(=O)NCCO)CC(N(CC23CC4CC(CC(C4)C2)C3)C(=O)C2CCCC2)C1O. The standard InChI is InChI=1S/C34H45IN2O7/c1-43-29-12-23(18-39)11-26(35)31(29)44-28-14-25(32(41)36-6-7-38)13-27(30(28)40)37(33(42)24-4-2-3-5-24)19-34-15-20-8-21(16-34)10-22(9-20)17-34/h11-12,14,18,20-22,24,27-28,30,38,40H,2-10,13,15-17,19H2,1H3,(H,36,41). The molecule has 0 aliphatic heterocycles. The Hall–Kier alpha value is -2.18. The van der Waals surface area contributed by atoms with Gasteiger partial charge in [0.15, 0.2) is 11.5 Å². The van der Waals surface area contributed by atoms with E-state index in [2.05, 4.69) is 27.9 Å². The fraction of sp³-hybridized carbons (Fsp3) is 0.676. The molecule has 0 saturated heterocycles. The number of carbonyl (C=O) groups excluding carboxylic acids is 3. The summed E-state index contributed by atoms with van der Waals surface area (Å²) in [7, 11) is 1.49. The largest absolute Gasteiger partial charge is 0.493 e. The Morgan fingerprint density at radius 2 is 1.77 bits per heavy atom. The number of hydrogen-bond donors (Lipinski definition) is 3. The first-order valence-electron chi connectivity index (χ1n) is 16.3. The predicted molar refractivity (Wildman–Crippen MR) is 172 cm³/mol. The first-order chi connectivity index (χ1) is 21.2. The summed E-state index contributed by atoms with van der Waals surface area (Å²) < 4.78 is 12.6. The minimum absolute atomic E-state index is 0.0584. The Bertz CT molecular complexity index is 1260. The zero-order valence-corrected chi connectivity index (χ0v) is 27.7. The van der Waals surface area contributed by atoms with Crippen LogP contribution in [0.3, 0.4) is 0 Å². The molecule has 6 aliphatic rings. The van der Waals surface area contributed by atoms with Gasteiger partial charge in [0, 0.05) is 36.6 Å². The lowest BCUT2D eigenvalue weighted by atomic mass is 9.49. The summed E-state index contributed by atoms with van der Waals surface area (Å²) in [6, 6.07) is 2.62. The lowest BCUT2D eigenvalue weighted by Gasteiger charge is -2.58. The highest BCUT2D eigenvalue weighted by molar-refractivity contribution is 14.1. The third-order valence-corrected chi connectivity index (χ3v) is 11.7. The summed E-state index contributed by atoms with van der Waals surface area (Å²) in [4.78, 5) is 41.2. The maximum Gasteiger partial charge on any atom is 0.247 e. The van der Waals surface area contributed by atoms with Crippen LogP contribution in [0.15, 0.2) is 23.8 Å². The highest BCUT2D eigenvalue weighted by Gasteiger charge is 2.53. The van der Waals surface area contributed by atoms with Crippen LogP contribution in [0.4, 0.5) is 0 Å². The number of aldehydes is 1. The minimum atomic E-state index is -1.09. The number of halogens is 1. The van der Waals surface area contributed by atoms with Gasteiger partial charge in [0.25, 0.3) is 0 Å². The van der Waals surface area contributed by atoms with Crippen LogP contribution in [0, 0.1) is 32.7 Å². The van der Waals surface area contributed by atoms with E-state index in [9.17, 15) is 24.6 Å². The van der Waals surface area contributed by atoms with Gasteiger partial charge in [0.1, 0.15) is 18.5 Å². The first-order valence-corrected chi connectivity index (χ1v) is 17.4. The molecule has 1 aromatic carbocycles. The van der Waals surface area contributed by atoms with Crippen LogP contribution in [0.5, 0.6) is 11.5 Å². The molecule has 1 aromatic rings. The number of nitrogens with zero attached hydrogens (tertiary/aromatic N) is 1. The highest BCUT2D eigenvalue weighted by atomic mass is 127. The van der Waals surface area contributed by atoms with E-state index in [1.165, 1.54) is 26.4 Å². The molecule has 5 fully saturated rings. The van der Waals surface area contributed by atoms with Gasteiger partial charge in [0.2, 0.25) is 11.8 Å². The molecule has 9 nitrogen and oxygen atoms in total. The molecule has 0 radical (unpaired) electrons. The van der Waals surface area contributed by atoms with Gasteiger partial charge in [-0.1, -0.05) is 12.8 Å². The Morgan fingerprint density at radius 3 is 2.36 bits per heavy atom. The third kappa shape index (κ3) is 6.40. The second-order valence-corrected chi connectivity index (χ2v) is 15.2. The summed E-state index contributed by atoms with van der Waals surface area (Å²) in [6.45, 7) is 0.522. The van der Waals surface area contributed by atoms with E-state index >= 15 is 0 Å². The number of carbonyl (C=O) groups is 3. The van der Waals surface area contributed by atoms with Crippen LogP contribution in [0.25, 0.3) is 0 Å². The Morgan fingerprint density at radius 1 is 1.11 bits per heavy atom. The fourth-order valence-corrected chi connectivity index (χ4v) is 10.2. The molecule has 44 heavy (non-hydrogen) atoms. The van der Waals surface area contributed by atoms with Gasteiger partial charge >= 0.3 is 0 Å². The third-order valence-electron chi connectivity index (χ3n) is 10.9.